The van der Waals surface area contributed by atoms with Gasteiger partial charge in [-0.3, -0.25) is 4.79 Å². The highest BCUT2D eigenvalue weighted by Gasteiger charge is 2.36. The number of hydrogen-bond acceptors (Lipinski definition) is 5. The Morgan fingerprint density at radius 2 is 2.07 bits per heavy atom. The number of rotatable bonds is 3. The van der Waals surface area contributed by atoms with E-state index in [4.69, 9.17) is 4.74 Å². The van der Waals surface area contributed by atoms with Crippen molar-refractivity contribution in [3.8, 4) is 10.6 Å². The predicted octanol–water partition coefficient (Wildman–Crippen LogP) is 3.64. The van der Waals surface area contributed by atoms with Gasteiger partial charge in [0.05, 0.1) is 40.4 Å². The Kier molecular flexibility index (Phi) is 5.15. The molecule has 0 bridgehead atoms. The van der Waals surface area contributed by atoms with Crippen molar-refractivity contribution in [3.05, 3.63) is 39.4 Å². The zero-order chi connectivity index (χ0) is 19.9. The fourth-order valence-electron chi connectivity index (χ4n) is 2.97. The molecular formula is C17H14BrF3N4O2S. The molecule has 148 valence electrons. The van der Waals surface area contributed by atoms with Gasteiger partial charge in [-0.1, -0.05) is 6.07 Å². The largest absolute Gasteiger partial charge is 0.433 e. The Labute approximate surface area is 170 Å². The maximum atomic E-state index is 13.6. The fraction of sp³-hybridized carbons (Fsp3) is 0.353. The van der Waals surface area contributed by atoms with E-state index in [1.54, 1.807) is 22.4 Å². The number of morpholine rings is 1. The van der Waals surface area contributed by atoms with Crippen LogP contribution in [0.2, 0.25) is 0 Å². The van der Waals surface area contributed by atoms with Gasteiger partial charge in [0.1, 0.15) is 0 Å². The van der Waals surface area contributed by atoms with Crippen LogP contribution in [0.1, 0.15) is 11.4 Å². The van der Waals surface area contributed by atoms with Crippen LogP contribution < -0.4 is 0 Å². The van der Waals surface area contributed by atoms with E-state index in [1.807, 2.05) is 0 Å². The van der Waals surface area contributed by atoms with E-state index >= 15 is 0 Å². The highest BCUT2D eigenvalue weighted by Crippen LogP contribution is 2.35. The Hall–Kier alpha value is -1.98. The molecule has 0 aromatic carbocycles. The average molecular weight is 475 g/mol. The molecule has 11 heteroatoms. The molecule has 3 aromatic rings. The lowest BCUT2D eigenvalue weighted by Gasteiger charge is -2.26. The number of amides is 1. The highest BCUT2D eigenvalue weighted by molar-refractivity contribution is 9.10. The number of hydrogen-bond donors (Lipinski definition) is 0. The highest BCUT2D eigenvalue weighted by atomic mass is 79.9. The van der Waals surface area contributed by atoms with E-state index in [9.17, 15) is 18.0 Å². The topological polar surface area (TPSA) is 59.7 Å². The minimum atomic E-state index is -4.62. The third kappa shape index (κ3) is 3.65. The van der Waals surface area contributed by atoms with Crippen molar-refractivity contribution in [1.82, 2.24) is 19.5 Å². The fourth-order valence-corrected chi connectivity index (χ4v) is 4.13. The van der Waals surface area contributed by atoms with Crippen LogP contribution in [0.3, 0.4) is 0 Å². The summed E-state index contributed by atoms with van der Waals surface area (Å²) in [5.74, 6) is -0.209. The number of carbonyl (C=O) groups excluding carboxylic acids is 1. The second-order valence-electron chi connectivity index (χ2n) is 6.17. The molecule has 28 heavy (non-hydrogen) atoms. The van der Waals surface area contributed by atoms with Crippen LogP contribution in [-0.4, -0.2) is 51.7 Å². The summed E-state index contributed by atoms with van der Waals surface area (Å²) < 4.78 is 47.2. The molecule has 0 aliphatic carbocycles. The van der Waals surface area contributed by atoms with E-state index < -0.39 is 11.9 Å². The summed E-state index contributed by atoms with van der Waals surface area (Å²) in [6.45, 7) is 1.81. The van der Waals surface area contributed by atoms with Gasteiger partial charge >= 0.3 is 6.18 Å². The quantitative estimate of drug-likeness (QED) is 0.581. The molecule has 0 radical (unpaired) electrons. The zero-order valence-corrected chi connectivity index (χ0v) is 16.8. The van der Waals surface area contributed by atoms with Gasteiger partial charge in [-0.2, -0.15) is 18.3 Å². The molecule has 1 aliphatic rings. The lowest BCUT2D eigenvalue weighted by Crippen LogP contribution is -2.41. The summed E-state index contributed by atoms with van der Waals surface area (Å²) >= 11 is 4.60. The molecule has 0 saturated carbocycles. The average Bonchev–Trinajstić information content (AvgIpc) is 3.30. The summed E-state index contributed by atoms with van der Waals surface area (Å²) in [6, 6.07) is 4.43. The van der Waals surface area contributed by atoms with Gasteiger partial charge in [-0.25, -0.2) is 9.50 Å². The number of alkyl halides is 3. The number of nitrogens with zero attached hydrogens (tertiary/aromatic N) is 4. The maximum absolute atomic E-state index is 13.6. The Bertz CT molecular complexity index is 1010. The molecule has 1 saturated heterocycles. The van der Waals surface area contributed by atoms with Gasteiger partial charge in [0.15, 0.2) is 11.3 Å². The Balaban J connectivity index is 1.77. The molecule has 0 atom stereocenters. The first-order valence-corrected chi connectivity index (χ1v) is 10.1. The predicted molar refractivity (Wildman–Crippen MR) is 100 cm³/mol. The first kappa shape index (κ1) is 19.3. The van der Waals surface area contributed by atoms with Crippen molar-refractivity contribution in [2.75, 3.05) is 26.3 Å². The van der Waals surface area contributed by atoms with Crippen LogP contribution in [0.25, 0.3) is 16.2 Å². The van der Waals surface area contributed by atoms with Gasteiger partial charge in [0.2, 0.25) is 5.91 Å². The molecule has 1 amide bonds. The lowest BCUT2D eigenvalue weighted by atomic mass is 10.2. The number of halogens is 4. The van der Waals surface area contributed by atoms with Crippen molar-refractivity contribution in [3.63, 3.8) is 0 Å². The summed E-state index contributed by atoms with van der Waals surface area (Å²) in [4.78, 5) is 19.1. The second kappa shape index (κ2) is 7.45. The molecule has 3 aromatic heterocycles. The molecule has 4 heterocycles. The van der Waals surface area contributed by atoms with Crippen molar-refractivity contribution in [2.24, 2.45) is 0 Å². The molecule has 1 aliphatic heterocycles. The van der Waals surface area contributed by atoms with Crippen molar-refractivity contribution in [2.45, 2.75) is 12.6 Å². The lowest BCUT2D eigenvalue weighted by molar-refractivity contribution is -0.142. The van der Waals surface area contributed by atoms with Gasteiger partial charge in [0, 0.05) is 13.1 Å². The van der Waals surface area contributed by atoms with Crippen molar-refractivity contribution in [1.29, 1.82) is 0 Å². The monoisotopic (exact) mass is 474 g/mol. The zero-order valence-electron chi connectivity index (χ0n) is 14.4. The first-order valence-electron chi connectivity index (χ1n) is 8.39. The third-order valence-electron chi connectivity index (χ3n) is 4.35. The third-order valence-corrected chi connectivity index (χ3v) is 6.05. The molecular weight excluding hydrogens is 461 g/mol. The van der Waals surface area contributed by atoms with Crippen LogP contribution >= 0.6 is 27.3 Å². The van der Waals surface area contributed by atoms with E-state index in [-0.39, 0.29) is 33.8 Å². The Morgan fingerprint density at radius 3 is 2.71 bits per heavy atom. The van der Waals surface area contributed by atoms with Gasteiger partial charge in [0.25, 0.3) is 0 Å². The molecule has 0 unspecified atom stereocenters. The summed E-state index contributed by atoms with van der Waals surface area (Å²) in [6.07, 6.45) is -4.74. The summed E-state index contributed by atoms with van der Waals surface area (Å²) in [7, 11) is 0. The standard InChI is InChI=1S/C17H14BrF3N4O2S/c18-15-11(9-14(26)24-3-5-27-6-4-24)23-25-13(17(19,20)21)8-10(22-16(15)25)12-2-1-7-28-12/h1-2,7-8H,3-6,9H2. The number of carbonyl (C=O) groups is 1. The van der Waals surface area contributed by atoms with Crippen molar-refractivity contribution >= 4 is 38.8 Å². The van der Waals surface area contributed by atoms with Gasteiger partial charge in [-0.15, -0.1) is 11.3 Å². The van der Waals surface area contributed by atoms with Crippen LogP contribution in [0, 0.1) is 0 Å². The van der Waals surface area contributed by atoms with E-state index in [2.05, 4.69) is 26.0 Å². The van der Waals surface area contributed by atoms with Crippen LogP contribution in [0.15, 0.2) is 28.1 Å². The normalized spacial score (nSPS) is 15.4. The summed E-state index contributed by atoms with van der Waals surface area (Å²) in [5.41, 5.74) is -0.478. The summed E-state index contributed by atoms with van der Waals surface area (Å²) in [5, 5.41) is 5.82. The maximum Gasteiger partial charge on any atom is 0.433 e. The van der Waals surface area contributed by atoms with Crippen LogP contribution in [0.5, 0.6) is 0 Å². The number of fused-ring (bicyclic) bond motifs is 1. The first-order chi connectivity index (χ1) is 13.3. The number of ether oxygens (including phenoxy) is 1. The smallest absolute Gasteiger partial charge is 0.378 e. The van der Waals surface area contributed by atoms with E-state index in [0.29, 0.717) is 31.2 Å². The van der Waals surface area contributed by atoms with Crippen LogP contribution in [0.4, 0.5) is 13.2 Å². The molecule has 4 rings (SSSR count). The minimum Gasteiger partial charge on any atom is -0.378 e. The number of thiophene rings is 1. The molecule has 1 fully saturated rings. The van der Waals surface area contributed by atoms with Gasteiger partial charge in [-0.05, 0) is 33.4 Å². The van der Waals surface area contributed by atoms with Gasteiger partial charge < -0.3 is 9.64 Å². The van der Waals surface area contributed by atoms with Crippen LogP contribution in [-0.2, 0) is 22.1 Å². The molecule has 6 nitrogen and oxygen atoms in total. The Morgan fingerprint density at radius 1 is 1.32 bits per heavy atom. The van der Waals surface area contributed by atoms with E-state index in [0.717, 1.165) is 10.6 Å². The van der Waals surface area contributed by atoms with E-state index in [1.165, 1.54) is 11.3 Å². The number of aromatic nitrogens is 3. The minimum absolute atomic E-state index is 0.0306. The van der Waals surface area contributed by atoms with Crippen molar-refractivity contribution < 1.29 is 22.7 Å². The SMILES string of the molecule is O=C(Cc1nn2c(C(F)(F)F)cc(-c3cccs3)nc2c1Br)N1CCOCC1. The molecule has 0 N–H and O–H groups in total. The molecule has 0 spiro atoms. The second-order valence-corrected chi connectivity index (χ2v) is 7.91.